The van der Waals surface area contributed by atoms with Crippen LogP contribution in [-0.2, 0) is 16.1 Å². The molecule has 3 aromatic rings. The number of methoxy groups -OCH3 is 1. The van der Waals surface area contributed by atoms with Gasteiger partial charge in [-0.1, -0.05) is 91.2 Å². The summed E-state index contributed by atoms with van der Waals surface area (Å²) in [7, 11) is 3.03. The minimum Gasteiger partial charge on any atom is -0.398 e. The van der Waals surface area contributed by atoms with E-state index in [-0.39, 0.29) is 10.9 Å². The van der Waals surface area contributed by atoms with Gasteiger partial charge in [0.15, 0.2) is 5.36 Å². The number of nitrogens with zero attached hydrogens (tertiary/aromatic N) is 3. The number of fused-ring (bicyclic) bond motifs is 3. The minimum absolute atomic E-state index is 0.256. The van der Waals surface area contributed by atoms with Crippen molar-refractivity contribution in [2.24, 2.45) is 10.6 Å². The zero-order chi connectivity index (χ0) is 25.4. The van der Waals surface area contributed by atoms with Gasteiger partial charge in [0.2, 0.25) is 0 Å². The van der Waals surface area contributed by atoms with Crippen LogP contribution in [0, 0.1) is 5.41 Å². The van der Waals surface area contributed by atoms with Crippen LogP contribution in [0.1, 0.15) is 61.8 Å². The summed E-state index contributed by atoms with van der Waals surface area (Å²) >= 11 is 0. The van der Waals surface area contributed by atoms with Crippen LogP contribution in [0.15, 0.2) is 52.5 Å². The molecule has 2 heterocycles. The highest BCUT2D eigenvalue weighted by molar-refractivity contribution is 6.03. The molecule has 3 rings (SSSR count). The molecule has 0 aliphatic carbocycles. The van der Waals surface area contributed by atoms with Crippen LogP contribution in [0.2, 0.25) is 0 Å². The molecule has 6 heteroatoms. The molecule has 0 amide bonds. The lowest BCUT2D eigenvalue weighted by atomic mass is 10.0. The van der Waals surface area contributed by atoms with Crippen molar-refractivity contribution in [2.45, 2.75) is 68.4 Å². The molecule has 0 fully saturated rings. The molecule has 0 aliphatic heterocycles. The molecule has 0 spiro atoms. The minimum atomic E-state index is -0.256. The summed E-state index contributed by atoms with van der Waals surface area (Å²) in [5, 5.41) is 6.74. The van der Waals surface area contributed by atoms with Crippen molar-refractivity contribution in [1.29, 1.82) is 0 Å². The molecule has 0 bridgehead atoms. The fraction of sp³-hybridized carbons (Fsp3) is 0.519. The molecule has 0 atom stereocenters. The molecule has 184 valence electrons. The van der Waals surface area contributed by atoms with Crippen LogP contribution in [0.4, 0.5) is 0 Å². The van der Waals surface area contributed by atoms with Gasteiger partial charge >= 0.3 is 0 Å². The molecular weight excluding hydrogens is 414 g/mol. The Morgan fingerprint density at radius 3 is 1.97 bits per heavy atom. The maximum atomic E-state index is 13.0. The van der Waals surface area contributed by atoms with Crippen LogP contribution < -0.4 is 10.9 Å². The highest BCUT2D eigenvalue weighted by atomic mass is 16.6. The number of rotatable bonds is 4. The third-order valence-electron chi connectivity index (χ3n) is 3.66. The number of ether oxygens (including phenoxy) is 1. The standard InChI is InChI=1S/C17H17N3O3.C5H12.C3H8.C2H6/c1-22-11-10-20-16-14(8-5-9-18-16)12-6-3-4-7-13(12)15(17(20)21)19-23-2;1-5(2,3)4;1-3-2;1-2/h3-9H,10-11H2,1-2H3;1-4H3;3H2,1-2H3;1-2H3/b19-15-;;;. The van der Waals surface area contributed by atoms with Crippen molar-refractivity contribution in [2.75, 3.05) is 20.8 Å². The van der Waals surface area contributed by atoms with Gasteiger partial charge in [0, 0.05) is 24.1 Å². The van der Waals surface area contributed by atoms with Crippen LogP contribution in [0.3, 0.4) is 0 Å². The van der Waals surface area contributed by atoms with E-state index in [1.165, 1.54) is 13.5 Å². The van der Waals surface area contributed by atoms with Crippen molar-refractivity contribution in [3.8, 4) is 0 Å². The Morgan fingerprint density at radius 2 is 1.45 bits per heavy atom. The van der Waals surface area contributed by atoms with Crippen molar-refractivity contribution < 1.29 is 9.57 Å². The SMILES string of the molecule is CC.CC(C)(C)C.CCC.COCCn1c(=O)/c(=N\OC)c2ccccc2c2cccnc21. The molecule has 0 radical (unpaired) electrons. The summed E-state index contributed by atoms with van der Waals surface area (Å²) in [5.41, 5.74) is 0.845. The van der Waals surface area contributed by atoms with Gasteiger partial charge in [0.1, 0.15) is 12.8 Å². The average molecular weight is 458 g/mol. The van der Waals surface area contributed by atoms with E-state index < -0.39 is 0 Å². The van der Waals surface area contributed by atoms with Crippen LogP contribution in [-0.4, -0.2) is 30.4 Å². The molecular formula is C27H43N3O3. The van der Waals surface area contributed by atoms with Crippen LogP contribution in [0.25, 0.3) is 21.8 Å². The lowest BCUT2D eigenvalue weighted by Gasteiger charge is -2.05. The molecule has 2 aromatic heterocycles. The van der Waals surface area contributed by atoms with E-state index in [9.17, 15) is 4.79 Å². The van der Waals surface area contributed by atoms with Gasteiger partial charge in [-0.2, -0.15) is 0 Å². The Labute approximate surface area is 199 Å². The number of hydrogen-bond acceptors (Lipinski definition) is 5. The third kappa shape index (κ3) is 10.2. The van der Waals surface area contributed by atoms with Gasteiger partial charge < -0.3 is 9.57 Å². The largest absolute Gasteiger partial charge is 0.398 e. The number of pyridine rings is 1. The normalized spacial score (nSPS) is 10.9. The van der Waals surface area contributed by atoms with Crippen molar-refractivity contribution in [3.63, 3.8) is 0 Å². The Bertz CT molecular complexity index is 1080. The Balaban J connectivity index is 0.000000877. The van der Waals surface area contributed by atoms with Crippen molar-refractivity contribution >= 4 is 21.8 Å². The summed E-state index contributed by atoms with van der Waals surface area (Å²) in [6.07, 6.45) is 2.92. The van der Waals surface area contributed by atoms with Gasteiger partial charge in [-0.05, 0) is 22.9 Å². The first-order valence-corrected chi connectivity index (χ1v) is 11.7. The zero-order valence-electron chi connectivity index (χ0n) is 22.2. The topological polar surface area (TPSA) is 65.7 Å². The predicted molar refractivity (Wildman–Crippen MR) is 140 cm³/mol. The maximum Gasteiger partial charge on any atom is 0.282 e. The van der Waals surface area contributed by atoms with Crippen molar-refractivity contribution in [3.05, 3.63) is 58.3 Å². The van der Waals surface area contributed by atoms with Crippen molar-refractivity contribution in [1.82, 2.24) is 9.55 Å². The molecule has 0 saturated heterocycles. The number of aromatic nitrogens is 2. The Kier molecular flexibility index (Phi) is 14.7. The summed E-state index contributed by atoms with van der Waals surface area (Å²) in [6, 6.07) is 11.4. The van der Waals surface area contributed by atoms with E-state index in [1.54, 1.807) is 17.9 Å². The summed E-state index contributed by atoms with van der Waals surface area (Å²) in [4.78, 5) is 22.3. The summed E-state index contributed by atoms with van der Waals surface area (Å²) < 4.78 is 6.71. The molecule has 1 aromatic carbocycles. The number of benzene rings is 1. The Morgan fingerprint density at radius 1 is 0.939 bits per heavy atom. The molecule has 0 N–H and O–H groups in total. The van der Waals surface area contributed by atoms with E-state index in [4.69, 9.17) is 9.57 Å². The lowest BCUT2D eigenvalue weighted by Crippen LogP contribution is -2.34. The molecule has 0 unspecified atom stereocenters. The fourth-order valence-corrected chi connectivity index (χ4v) is 2.66. The van der Waals surface area contributed by atoms with E-state index in [1.807, 2.05) is 50.2 Å². The van der Waals surface area contributed by atoms with E-state index in [2.05, 4.69) is 51.7 Å². The third-order valence-corrected chi connectivity index (χ3v) is 3.66. The average Bonchev–Trinajstić information content (AvgIpc) is 2.87. The predicted octanol–water partition coefficient (Wildman–Crippen LogP) is 6.15. The lowest BCUT2D eigenvalue weighted by molar-refractivity contribution is 0.186. The van der Waals surface area contributed by atoms with Gasteiger partial charge in [-0.15, -0.1) is 0 Å². The molecule has 33 heavy (non-hydrogen) atoms. The smallest absolute Gasteiger partial charge is 0.282 e. The first-order chi connectivity index (χ1) is 15.7. The van der Waals surface area contributed by atoms with E-state index >= 15 is 0 Å². The van der Waals surface area contributed by atoms with E-state index in [0.717, 1.165) is 16.2 Å². The first-order valence-electron chi connectivity index (χ1n) is 11.7. The van der Waals surface area contributed by atoms with Gasteiger partial charge in [0.05, 0.1) is 13.2 Å². The zero-order valence-corrected chi connectivity index (χ0v) is 22.2. The maximum absolute atomic E-state index is 13.0. The fourth-order valence-electron chi connectivity index (χ4n) is 2.66. The van der Waals surface area contributed by atoms with Gasteiger partial charge in [-0.25, -0.2) is 4.98 Å². The van der Waals surface area contributed by atoms with Gasteiger partial charge in [-0.3, -0.25) is 9.36 Å². The monoisotopic (exact) mass is 457 g/mol. The van der Waals surface area contributed by atoms with Crippen LogP contribution >= 0.6 is 0 Å². The summed E-state index contributed by atoms with van der Waals surface area (Å²) in [5.74, 6) is 0. The second-order valence-corrected chi connectivity index (χ2v) is 8.70. The second-order valence-electron chi connectivity index (χ2n) is 8.70. The van der Waals surface area contributed by atoms with E-state index in [0.29, 0.717) is 24.2 Å². The Hall–Kier alpha value is -2.73. The number of hydrogen-bond donors (Lipinski definition) is 0. The van der Waals surface area contributed by atoms with Crippen LogP contribution in [0.5, 0.6) is 0 Å². The highest BCUT2D eigenvalue weighted by Crippen LogP contribution is 2.19. The van der Waals surface area contributed by atoms with Gasteiger partial charge in [0.25, 0.3) is 5.56 Å². The summed E-state index contributed by atoms with van der Waals surface area (Å²) in [6.45, 7) is 17.8. The first kappa shape index (κ1) is 30.3. The highest BCUT2D eigenvalue weighted by Gasteiger charge is 2.10. The second kappa shape index (κ2) is 16.0. The quantitative estimate of drug-likeness (QED) is 0.441. The molecule has 0 saturated carbocycles. The molecule has 6 nitrogen and oxygen atoms in total. The molecule has 0 aliphatic rings.